The van der Waals surface area contributed by atoms with Gasteiger partial charge >= 0.3 is 0 Å². The van der Waals surface area contributed by atoms with E-state index in [1.807, 2.05) is 43.6 Å². The summed E-state index contributed by atoms with van der Waals surface area (Å²) in [7, 11) is 0. The van der Waals surface area contributed by atoms with Crippen molar-refractivity contribution in [1.82, 2.24) is 24.7 Å². The Morgan fingerprint density at radius 2 is 2.22 bits per heavy atom. The molecule has 4 heterocycles. The number of fused-ring (bicyclic) bond motifs is 2. The molecule has 0 spiro atoms. The van der Waals surface area contributed by atoms with E-state index in [0.29, 0.717) is 11.9 Å². The molecule has 0 saturated carbocycles. The zero-order valence-electron chi connectivity index (χ0n) is 14.4. The lowest BCUT2D eigenvalue weighted by Crippen LogP contribution is -3.10. The Labute approximate surface area is 158 Å². The summed E-state index contributed by atoms with van der Waals surface area (Å²) in [6.45, 7) is 2.66. The smallest absolute Gasteiger partial charge is 0.271 e. The van der Waals surface area contributed by atoms with E-state index < -0.39 is 0 Å². The van der Waals surface area contributed by atoms with Crippen molar-refractivity contribution in [1.29, 1.82) is 0 Å². The number of aromatic nitrogens is 4. The topological polar surface area (TPSA) is 109 Å². The molecule has 1 unspecified atom stereocenters. The second-order valence-electron chi connectivity index (χ2n) is 6.36. The number of aliphatic imine (C=N–C) groups is 1. The number of aryl methyl sites for hydroxylation is 1. The first-order chi connectivity index (χ1) is 13.2. The van der Waals surface area contributed by atoms with Gasteiger partial charge < -0.3 is 0 Å². The molecule has 9 nitrogen and oxygen atoms in total. The number of H-pyrrole nitrogens is 3. The SMILES string of the molecule is Cc1cc(NC2=CN(Sc3ccc4c(=O)[nH][nH]c4c3)CC3=NC=C[NH+]23)n[nH]1. The average Bonchev–Trinajstić information content (AvgIpc) is 3.36. The highest BCUT2D eigenvalue weighted by Crippen LogP contribution is 2.26. The molecular weight excluding hydrogens is 364 g/mol. The number of rotatable bonds is 4. The van der Waals surface area contributed by atoms with Crippen molar-refractivity contribution in [2.24, 2.45) is 4.99 Å². The average molecular weight is 381 g/mol. The van der Waals surface area contributed by atoms with Gasteiger partial charge in [-0.15, -0.1) is 0 Å². The number of hydrogen-bond acceptors (Lipinski definition) is 6. The standard InChI is InChI=1S/C17H16N8OS/c1-10-6-14(22-20-10)19-16-9-24(8-15-18-4-5-25(15)16)27-11-2-3-12-13(7-11)21-23-17(12)26/h2-7,9H,8H2,1H3,(H2,19,20,22)(H2,21,23,26)/p+1. The molecule has 0 saturated heterocycles. The van der Waals surface area contributed by atoms with Crippen molar-refractivity contribution in [3.8, 4) is 0 Å². The van der Waals surface area contributed by atoms with Crippen LogP contribution in [0.1, 0.15) is 5.69 Å². The van der Waals surface area contributed by atoms with Crippen molar-refractivity contribution in [2.45, 2.75) is 11.8 Å². The lowest BCUT2D eigenvalue weighted by molar-refractivity contribution is -0.699. The van der Waals surface area contributed by atoms with Gasteiger partial charge in [-0.25, -0.2) is 9.89 Å². The van der Waals surface area contributed by atoms with Crippen LogP contribution in [-0.2, 0) is 0 Å². The molecular formula is C17H17N8OS+. The lowest BCUT2D eigenvalue weighted by atomic mass is 10.2. The summed E-state index contributed by atoms with van der Waals surface area (Å²) in [6.07, 6.45) is 5.88. The molecule has 1 aromatic carbocycles. The van der Waals surface area contributed by atoms with E-state index in [-0.39, 0.29) is 5.56 Å². The highest BCUT2D eigenvalue weighted by molar-refractivity contribution is 7.97. The predicted octanol–water partition coefficient (Wildman–Crippen LogP) is 0.890. The third kappa shape index (κ3) is 2.94. The molecule has 2 aromatic heterocycles. The van der Waals surface area contributed by atoms with E-state index >= 15 is 0 Å². The molecule has 0 aliphatic carbocycles. The Hall–Kier alpha value is -3.24. The quantitative estimate of drug-likeness (QED) is 0.431. The van der Waals surface area contributed by atoms with Crippen LogP contribution in [0.25, 0.3) is 10.9 Å². The van der Waals surface area contributed by atoms with Crippen LogP contribution < -0.4 is 15.8 Å². The Kier molecular flexibility index (Phi) is 3.66. The van der Waals surface area contributed by atoms with Gasteiger partial charge in [-0.05, 0) is 37.1 Å². The van der Waals surface area contributed by atoms with Crippen LogP contribution in [0, 0.1) is 6.92 Å². The van der Waals surface area contributed by atoms with Gasteiger partial charge in [0.2, 0.25) is 11.7 Å². The fourth-order valence-electron chi connectivity index (χ4n) is 3.13. The molecule has 27 heavy (non-hydrogen) atoms. The van der Waals surface area contributed by atoms with Crippen LogP contribution >= 0.6 is 11.9 Å². The van der Waals surface area contributed by atoms with E-state index in [9.17, 15) is 4.79 Å². The molecule has 5 rings (SSSR count). The van der Waals surface area contributed by atoms with Crippen molar-refractivity contribution >= 4 is 34.5 Å². The molecule has 0 bridgehead atoms. The predicted molar refractivity (Wildman–Crippen MR) is 104 cm³/mol. The van der Waals surface area contributed by atoms with Gasteiger partial charge in [-0.3, -0.25) is 29.7 Å². The number of hydrogen-bond donors (Lipinski definition) is 5. The first-order valence-electron chi connectivity index (χ1n) is 8.42. The molecule has 3 aromatic rings. The van der Waals surface area contributed by atoms with Gasteiger partial charge in [-0.1, -0.05) is 0 Å². The zero-order chi connectivity index (χ0) is 18.4. The molecule has 136 valence electrons. The first-order valence-corrected chi connectivity index (χ1v) is 9.20. The van der Waals surface area contributed by atoms with Gasteiger partial charge in [0.25, 0.3) is 5.56 Å². The van der Waals surface area contributed by atoms with Crippen LogP contribution in [0.4, 0.5) is 5.82 Å². The minimum atomic E-state index is -0.106. The second kappa shape index (κ2) is 6.18. The van der Waals surface area contributed by atoms with E-state index in [2.05, 4.69) is 41.2 Å². The van der Waals surface area contributed by atoms with E-state index in [1.165, 1.54) is 0 Å². The number of quaternary nitrogens is 1. The third-order valence-corrected chi connectivity index (χ3v) is 5.32. The number of aromatic amines is 3. The Balaban J connectivity index is 1.43. The Morgan fingerprint density at radius 3 is 3.07 bits per heavy atom. The normalized spacial score (nSPS) is 18.6. The number of benzene rings is 1. The van der Waals surface area contributed by atoms with Crippen molar-refractivity contribution in [3.05, 3.63) is 64.7 Å². The molecule has 0 amide bonds. The summed E-state index contributed by atoms with van der Waals surface area (Å²) >= 11 is 1.59. The minimum absolute atomic E-state index is 0.106. The fourth-order valence-corrected chi connectivity index (χ4v) is 4.05. The highest BCUT2D eigenvalue weighted by atomic mass is 32.2. The summed E-state index contributed by atoms with van der Waals surface area (Å²) in [4.78, 5) is 18.3. The number of anilines is 1. The maximum absolute atomic E-state index is 11.7. The molecule has 0 radical (unpaired) electrons. The summed E-state index contributed by atoms with van der Waals surface area (Å²) in [6, 6.07) is 7.70. The van der Waals surface area contributed by atoms with Crippen molar-refractivity contribution in [3.63, 3.8) is 0 Å². The Bertz CT molecular complexity index is 1170. The number of nitrogens with zero attached hydrogens (tertiary/aromatic N) is 3. The summed E-state index contributed by atoms with van der Waals surface area (Å²) < 4.78 is 2.11. The summed E-state index contributed by atoms with van der Waals surface area (Å²) in [5.74, 6) is 2.73. The van der Waals surface area contributed by atoms with E-state index in [1.54, 1.807) is 11.9 Å². The molecule has 5 N–H and O–H groups in total. The minimum Gasteiger partial charge on any atom is -0.300 e. The van der Waals surface area contributed by atoms with Gasteiger partial charge in [0, 0.05) is 16.7 Å². The van der Waals surface area contributed by atoms with Crippen LogP contribution in [0.3, 0.4) is 0 Å². The molecule has 10 heteroatoms. The van der Waals surface area contributed by atoms with Gasteiger partial charge in [-0.2, -0.15) is 5.10 Å². The second-order valence-corrected chi connectivity index (χ2v) is 7.49. The summed E-state index contributed by atoms with van der Waals surface area (Å²) in [5.41, 5.74) is 1.68. The third-order valence-electron chi connectivity index (χ3n) is 4.39. The van der Waals surface area contributed by atoms with Gasteiger partial charge in [0.15, 0.2) is 5.82 Å². The maximum Gasteiger partial charge on any atom is 0.271 e. The van der Waals surface area contributed by atoms with Crippen LogP contribution in [0.15, 0.2) is 63.4 Å². The monoisotopic (exact) mass is 381 g/mol. The Morgan fingerprint density at radius 1 is 1.30 bits per heavy atom. The van der Waals surface area contributed by atoms with Crippen molar-refractivity contribution in [2.75, 3.05) is 11.9 Å². The highest BCUT2D eigenvalue weighted by Gasteiger charge is 2.32. The molecule has 2 aliphatic heterocycles. The van der Waals surface area contributed by atoms with Crippen LogP contribution in [0.5, 0.6) is 0 Å². The maximum atomic E-state index is 11.7. The fraction of sp³-hybridized carbons (Fsp3) is 0.118. The molecule has 2 aliphatic rings. The first kappa shape index (κ1) is 16.0. The van der Waals surface area contributed by atoms with Crippen molar-refractivity contribution < 1.29 is 4.90 Å². The number of nitrogens with one attached hydrogen (secondary N) is 5. The lowest BCUT2D eigenvalue weighted by Gasteiger charge is -2.27. The van der Waals surface area contributed by atoms with Gasteiger partial charge in [0.1, 0.15) is 12.7 Å². The summed E-state index contributed by atoms with van der Waals surface area (Å²) in [5, 5.41) is 16.7. The molecule has 1 atom stereocenters. The molecule has 0 fully saturated rings. The largest absolute Gasteiger partial charge is 0.300 e. The van der Waals surface area contributed by atoms with Crippen LogP contribution in [-0.4, -0.2) is 37.1 Å². The number of amidine groups is 1. The van der Waals surface area contributed by atoms with Gasteiger partial charge in [0.05, 0.1) is 23.3 Å². The van der Waals surface area contributed by atoms with E-state index in [4.69, 9.17) is 0 Å². The van der Waals surface area contributed by atoms with Crippen LogP contribution in [0.2, 0.25) is 0 Å². The zero-order valence-corrected chi connectivity index (χ0v) is 15.2. The van der Waals surface area contributed by atoms with E-state index in [0.717, 1.165) is 38.5 Å².